The van der Waals surface area contributed by atoms with Crippen molar-refractivity contribution in [2.24, 2.45) is 0 Å². The van der Waals surface area contributed by atoms with Gasteiger partial charge in [-0.1, -0.05) is 6.92 Å². The van der Waals surface area contributed by atoms with Crippen molar-refractivity contribution < 1.29 is 19.4 Å². The number of urea groups is 1. The van der Waals surface area contributed by atoms with Crippen molar-refractivity contribution in [1.82, 2.24) is 10.2 Å². The van der Waals surface area contributed by atoms with Gasteiger partial charge in [-0.3, -0.25) is 4.79 Å². The summed E-state index contributed by atoms with van der Waals surface area (Å²) in [4.78, 5) is 25.8. The lowest BCUT2D eigenvalue weighted by Gasteiger charge is -2.34. The second-order valence-electron chi connectivity index (χ2n) is 4.90. The summed E-state index contributed by atoms with van der Waals surface area (Å²) in [6.45, 7) is 3.71. The van der Waals surface area contributed by atoms with Crippen molar-refractivity contribution >= 4 is 23.3 Å². The maximum absolute atomic E-state index is 12.3. The fourth-order valence-corrected chi connectivity index (χ4v) is 3.30. The highest BCUT2D eigenvalue weighted by molar-refractivity contribution is 7.10. The molecule has 0 radical (unpaired) electrons. The first-order valence-electron chi connectivity index (χ1n) is 7.01. The maximum Gasteiger partial charge on any atom is 0.318 e. The molecule has 1 saturated heterocycles. The highest BCUT2D eigenvalue weighted by Gasteiger charge is 2.29. The van der Waals surface area contributed by atoms with E-state index in [4.69, 9.17) is 9.84 Å². The van der Waals surface area contributed by atoms with E-state index < -0.39 is 12.0 Å². The number of amides is 2. The number of aliphatic carboxylic acids is 1. The molecule has 7 heteroatoms. The first kappa shape index (κ1) is 15.8. The van der Waals surface area contributed by atoms with Gasteiger partial charge < -0.3 is 20.1 Å². The number of carboxylic acids is 1. The molecule has 2 rings (SSSR count). The Hall–Kier alpha value is -1.60. The largest absolute Gasteiger partial charge is 0.481 e. The molecule has 1 unspecified atom stereocenters. The highest BCUT2D eigenvalue weighted by atomic mass is 32.1. The van der Waals surface area contributed by atoms with Gasteiger partial charge in [0, 0.05) is 11.4 Å². The lowest BCUT2D eigenvalue weighted by atomic mass is 10.1. The van der Waals surface area contributed by atoms with Crippen LogP contribution in [0.1, 0.15) is 23.8 Å². The summed E-state index contributed by atoms with van der Waals surface area (Å²) in [5, 5.41) is 13.8. The van der Waals surface area contributed by atoms with Gasteiger partial charge in [0.2, 0.25) is 0 Å². The number of nitrogens with one attached hydrogen (secondary N) is 1. The SMILES string of the molecule is CCc1ccsc1CNC(=O)N1CCOCC1CC(=O)O. The first-order chi connectivity index (χ1) is 10.1. The van der Waals surface area contributed by atoms with Crippen LogP contribution < -0.4 is 5.32 Å². The van der Waals surface area contributed by atoms with Crippen LogP contribution in [0.5, 0.6) is 0 Å². The van der Waals surface area contributed by atoms with Crippen molar-refractivity contribution in [1.29, 1.82) is 0 Å². The number of carbonyl (C=O) groups excluding carboxylic acids is 1. The van der Waals surface area contributed by atoms with Gasteiger partial charge in [-0.25, -0.2) is 4.79 Å². The molecule has 0 aliphatic carbocycles. The standard InChI is InChI=1S/C14H20N2O4S/c1-2-10-3-6-21-12(10)8-15-14(19)16-4-5-20-9-11(16)7-13(17)18/h3,6,11H,2,4-5,7-9H2,1H3,(H,15,19)(H,17,18). The van der Waals surface area contributed by atoms with Crippen molar-refractivity contribution in [3.63, 3.8) is 0 Å². The molecule has 0 spiro atoms. The third-order valence-electron chi connectivity index (χ3n) is 3.52. The number of rotatable bonds is 5. The van der Waals surface area contributed by atoms with Gasteiger partial charge in [-0.15, -0.1) is 11.3 Å². The molecule has 21 heavy (non-hydrogen) atoms. The van der Waals surface area contributed by atoms with E-state index in [0.29, 0.717) is 19.7 Å². The van der Waals surface area contributed by atoms with Crippen LogP contribution in [0.15, 0.2) is 11.4 Å². The summed E-state index contributed by atoms with van der Waals surface area (Å²) in [5.74, 6) is -0.921. The molecule has 0 bridgehead atoms. The minimum absolute atomic E-state index is 0.0906. The van der Waals surface area contributed by atoms with Gasteiger partial charge in [0.05, 0.1) is 32.2 Å². The number of carbonyl (C=O) groups is 2. The van der Waals surface area contributed by atoms with Crippen molar-refractivity contribution in [2.45, 2.75) is 32.4 Å². The van der Waals surface area contributed by atoms with Gasteiger partial charge in [0.25, 0.3) is 0 Å². The molecule has 2 amide bonds. The summed E-state index contributed by atoms with van der Waals surface area (Å²) in [5.41, 5.74) is 1.24. The third-order valence-corrected chi connectivity index (χ3v) is 4.48. The van der Waals surface area contributed by atoms with Gasteiger partial charge >= 0.3 is 12.0 Å². The van der Waals surface area contributed by atoms with Crippen LogP contribution in [0.4, 0.5) is 4.79 Å². The van der Waals surface area contributed by atoms with Crippen molar-refractivity contribution in [3.8, 4) is 0 Å². The maximum atomic E-state index is 12.3. The molecule has 2 heterocycles. The second kappa shape index (κ2) is 7.42. The Morgan fingerprint density at radius 2 is 2.38 bits per heavy atom. The van der Waals surface area contributed by atoms with Crippen LogP contribution in [0, 0.1) is 0 Å². The van der Waals surface area contributed by atoms with Crippen molar-refractivity contribution in [2.75, 3.05) is 19.8 Å². The lowest BCUT2D eigenvalue weighted by molar-refractivity contribution is -0.139. The Balaban J connectivity index is 1.93. The van der Waals surface area contributed by atoms with Crippen LogP contribution in [-0.4, -0.2) is 47.8 Å². The number of hydrogen-bond donors (Lipinski definition) is 2. The van der Waals surface area contributed by atoms with Gasteiger partial charge in [-0.05, 0) is 23.4 Å². The smallest absolute Gasteiger partial charge is 0.318 e. The van der Waals surface area contributed by atoms with E-state index in [1.165, 1.54) is 5.56 Å². The lowest BCUT2D eigenvalue weighted by Crippen LogP contribution is -2.53. The van der Waals surface area contributed by atoms with E-state index in [-0.39, 0.29) is 19.1 Å². The average molecular weight is 312 g/mol. The average Bonchev–Trinajstić information content (AvgIpc) is 2.92. The molecular formula is C14H20N2O4S. The van der Waals surface area contributed by atoms with Gasteiger partial charge in [-0.2, -0.15) is 0 Å². The second-order valence-corrected chi connectivity index (χ2v) is 5.90. The quantitative estimate of drug-likeness (QED) is 0.867. The minimum atomic E-state index is -0.921. The molecule has 6 nitrogen and oxygen atoms in total. The van der Waals surface area contributed by atoms with Crippen LogP contribution in [0.3, 0.4) is 0 Å². The Labute approximate surface area is 127 Å². The highest BCUT2D eigenvalue weighted by Crippen LogP contribution is 2.17. The summed E-state index contributed by atoms with van der Waals surface area (Å²) in [6.07, 6.45) is 0.848. The van der Waals surface area contributed by atoms with Gasteiger partial charge in [0.15, 0.2) is 0 Å². The fourth-order valence-electron chi connectivity index (χ4n) is 2.39. The number of morpholine rings is 1. The number of carboxylic acid groups (broad SMARTS) is 1. The zero-order valence-electron chi connectivity index (χ0n) is 12.0. The minimum Gasteiger partial charge on any atom is -0.481 e. The zero-order chi connectivity index (χ0) is 15.2. The topological polar surface area (TPSA) is 78.9 Å². The van der Waals surface area contributed by atoms with Crippen LogP contribution in [0.2, 0.25) is 0 Å². The number of thiophene rings is 1. The third kappa shape index (κ3) is 4.18. The predicted molar refractivity (Wildman–Crippen MR) is 79.5 cm³/mol. The number of hydrogen-bond acceptors (Lipinski definition) is 4. The predicted octanol–water partition coefficient (Wildman–Crippen LogP) is 1.70. The normalized spacial score (nSPS) is 18.5. The molecule has 116 valence electrons. The Morgan fingerprint density at radius 1 is 1.57 bits per heavy atom. The molecular weight excluding hydrogens is 292 g/mol. The van der Waals surface area contributed by atoms with E-state index in [9.17, 15) is 9.59 Å². The fraction of sp³-hybridized carbons (Fsp3) is 0.571. The van der Waals surface area contributed by atoms with E-state index >= 15 is 0 Å². The molecule has 1 aliphatic heterocycles. The van der Waals surface area contributed by atoms with Crippen LogP contribution >= 0.6 is 11.3 Å². The van der Waals surface area contributed by atoms with E-state index in [1.54, 1.807) is 16.2 Å². The molecule has 1 fully saturated rings. The van der Waals surface area contributed by atoms with E-state index in [2.05, 4.69) is 18.3 Å². The zero-order valence-corrected chi connectivity index (χ0v) is 12.8. The number of nitrogens with zero attached hydrogens (tertiary/aromatic N) is 1. The summed E-state index contributed by atoms with van der Waals surface area (Å²) < 4.78 is 5.27. The summed E-state index contributed by atoms with van der Waals surface area (Å²) >= 11 is 1.62. The molecule has 1 aliphatic rings. The van der Waals surface area contributed by atoms with E-state index in [1.807, 2.05) is 5.38 Å². The molecule has 1 atom stereocenters. The molecule has 0 saturated carbocycles. The number of ether oxygens (including phenoxy) is 1. The molecule has 0 aromatic carbocycles. The first-order valence-corrected chi connectivity index (χ1v) is 7.89. The van der Waals surface area contributed by atoms with E-state index in [0.717, 1.165) is 11.3 Å². The van der Waals surface area contributed by atoms with Gasteiger partial charge in [0.1, 0.15) is 0 Å². The Bertz CT molecular complexity index is 503. The molecule has 1 aromatic rings. The molecule has 2 N–H and O–H groups in total. The Kier molecular flexibility index (Phi) is 5.58. The monoisotopic (exact) mass is 312 g/mol. The van der Waals surface area contributed by atoms with Crippen molar-refractivity contribution in [3.05, 3.63) is 21.9 Å². The van der Waals surface area contributed by atoms with Crippen LogP contribution in [0.25, 0.3) is 0 Å². The Morgan fingerprint density at radius 3 is 3.10 bits per heavy atom. The molecule has 1 aromatic heterocycles. The number of aryl methyl sites for hydroxylation is 1. The summed E-state index contributed by atoms with van der Waals surface area (Å²) in [6, 6.07) is 1.44. The summed E-state index contributed by atoms with van der Waals surface area (Å²) in [7, 11) is 0. The van der Waals surface area contributed by atoms with Crippen LogP contribution in [-0.2, 0) is 22.5 Å².